The molecule has 0 aromatic rings. The zero-order chi connectivity index (χ0) is 16.3. The van der Waals surface area contributed by atoms with Gasteiger partial charge in [0.25, 0.3) is 0 Å². The van der Waals surface area contributed by atoms with Crippen molar-refractivity contribution < 1.29 is 28.6 Å². The van der Waals surface area contributed by atoms with Crippen LogP contribution < -0.4 is 5.32 Å². The van der Waals surface area contributed by atoms with Gasteiger partial charge in [0.1, 0.15) is 11.1 Å². The van der Waals surface area contributed by atoms with Crippen LogP contribution >= 0.6 is 12.4 Å². The molecule has 1 amide bonds. The van der Waals surface area contributed by atoms with Crippen LogP contribution in [-0.2, 0) is 19.0 Å². The van der Waals surface area contributed by atoms with Crippen molar-refractivity contribution in [2.45, 2.75) is 45.3 Å². The molecular formula is C14H22ClNO6. The lowest BCUT2D eigenvalue weighted by Crippen LogP contribution is -2.48. The summed E-state index contributed by atoms with van der Waals surface area (Å²) in [7, 11) is 0. The Morgan fingerprint density at radius 3 is 2.36 bits per heavy atom. The van der Waals surface area contributed by atoms with Crippen LogP contribution in [0.25, 0.3) is 0 Å². The second kappa shape index (κ2) is 7.49. The van der Waals surface area contributed by atoms with Gasteiger partial charge in [-0.25, -0.2) is 14.4 Å². The number of amides is 1. The quantitative estimate of drug-likeness (QED) is 0.482. The normalized spacial score (nSPS) is 22.6. The van der Waals surface area contributed by atoms with Crippen LogP contribution in [0.5, 0.6) is 0 Å². The summed E-state index contributed by atoms with van der Waals surface area (Å²) in [5, 5.41) is 2.46. The maximum atomic E-state index is 12.0. The fourth-order valence-corrected chi connectivity index (χ4v) is 1.80. The summed E-state index contributed by atoms with van der Waals surface area (Å²) in [5.41, 5.74) is -2.01. The van der Waals surface area contributed by atoms with E-state index in [0.29, 0.717) is 6.42 Å². The molecule has 1 aliphatic rings. The summed E-state index contributed by atoms with van der Waals surface area (Å²) in [6.07, 6.45) is -0.0344. The smallest absolute Gasteiger partial charge is 0.444 e. The lowest BCUT2D eigenvalue weighted by Gasteiger charge is -2.22. The molecule has 0 bridgehead atoms. The standard InChI is InChI=1S/C14H21NO6.ClH/c1-6-9-8-14(9,10(16)20-12(18)19-7-2)15-11(17)21-13(3,4)5;/h6,9H,1,7-8H2,2-5H3,(H,15,17);1H. The van der Waals surface area contributed by atoms with E-state index in [1.807, 2.05) is 0 Å². The molecule has 22 heavy (non-hydrogen) atoms. The van der Waals surface area contributed by atoms with Crippen molar-refractivity contribution in [3.05, 3.63) is 12.7 Å². The number of carbonyl (C=O) groups is 3. The Morgan fingerprint density at radius 1 is 1.36 bits per heavy atom. The maximum absolute atomic E-state index is 12.0. The van der Waals surface area contributed by atoms with Crippen LogP contribution in [0.1, 0.15) is 34.1 Å². The second-order valence-electron chi connectivity index (χ2n) is 5.72. The van der Waals surface area contributed by atoms with Crippen molar-refractivity contribution in [3.63, 3.8) is 0 Å². The molecule has 1 rings (SSSR count). The summed E-state index contributed by atoms with van der Waals surface area (Å²) in [4.78, 5) is 35.0. The lowest BCUT2D eigenvalue weighted by molar-refractivity contribution is -0.143. The number of hydrogen-bond donors (Lipinski definition) is 1. The Labute approximate surface area is 135 Å². The third kappa shape index (κ3) is 5.22. The minimum Gasteiger partial charge on any atom is -0.444 e. The predicted octanol–water partition coefficient (Wildman–Crippen LogP) is 2.58. The highest BCUT2D eigenvalue weighted by atomic mass is 35.5. The van der Waals surface area contributed by atoms with Crippen molar-refractivity contribution >= 4 is 30.6 Å². The largest absolute Gasteiger partial charge is 0.516 e. The summed E-state index contributed by atoms with van der Waals surface area (Å²) in [6, 6.07) is 0. The van der Waals surface area contributed by atoms with Gasteiger partial charge in [-0.05, 0) is 34.1 Å². The average Bonchev–Trinajstić information content (AvgIpc) is 3.01. The molecule has 0 spiro atoms. The first kappa shape index (κ1) is 20.2. The first-order valence-corrected chi connectivity index (χ1v) is 6.67. The van der Waals surface area contributed by atoms with E-state index in [4.69, 9.17) is 4.74 Å². The molecule has 0 aromatic carbocycles. The number of nitrogens with one attached hydrogen (secondary N) is 1. The Morgan fingerprint density at radius 2 is 1.95 bits per heavy atom. The van der Waals surface area contributed by atoms with Gasteiger partial charge in [-0.3, -0.25) is 0 Å². The van der Waals surface area contributed by atoms with Gasteiger partial charge >= 0.3 is 18.2 Å². The van der Waals surface area contributed by atoms with E-state index in [1.54, 1.807) is 27.7 Å². The van der Waals surface area contributed by atoms with Crippen molar-refractivity contribution in [2.24, 2.45) is 5.92 Å². The lowest BCUT2D eigenvalue weighted by atomic mass is 10.2. The molecule has 126 valence electrons. The zero-order valence-corrected chi connectivity index (χ0v) is 14.0. The minimum absolute atomic E-state index is 0. The van der Waals surface area contributed by atoms with Crippen LogP contribution in [0.2, 0.25) is 0 Å². The molecule has 2 atom stereocenters. The van der Waals surface area contributed by atoms with Gasteiger partial charge < -0.3 is 19.5 Å². The van der Waals surface area contributed by atoms with E-state index in [9.17, 15) is 14.4 Å². The molecular weight excluding hydrogens is 314 g/mol. The summed E-state index contributed by atoms with van der Waals surface area (Å²) in [6.45, 7) is 10.4. The van der Waals surface area contributed by atoms with Crippen molar-refractivity contribution in [2.75, 3.05) is 6.61 Å². The highest BCUT2D eigenvalue weighted by Gasteiger charge is 2.62. The SMILES string of the molecule is C=CC1CC1(NC(=O)OC(C)(C)C)C(=O)OC(=O)OCC.Cl. The van der Waals surface area contributed by atoms with E-state index in [0.717, 1.165) is 0 Å². The molecule has 0 saturated heterocycles. The molecule has 8 heteroatoms. The van der Waals surface area contributed by atoms with E-state index >= 15 is 0 Å². The van der Waals surface area contributed by atoms with Crippen molar-refractivity contribution in [1.29, 1.82) is 0 Å². The highest BCUT2D eigenvalue weighted by Crippen LogP contribution is 2.45. The summed E-state index contributed by atoms with van der Waals surface area (Å²) >= 11 is 0. The van der Waals surface area contributed by atoms with Gasteiger partial charge in [-0.2, -0.15) is 0 Å². The molecule has 0 radical (unpaired) electrons. The predicted molar refractivity (Wildman–Crippen MR) is 80.8 cm³/mol. The first-order valence-electron chi connectivity index (χ1n) is 6.67. The minimum atomic E-state index is -1.31. The van der Waals surface area contributed by atoms with E-state index in [1.165, 1.54) is 6.08 Å². The Kier molecular flexibility index (Phi) is 6.89. The average molecular weight is 336 g/mol. The van der Waals surface area contributed by atoms with E-state index in [2.05, 4.69) is 21.4 Å². The number of ether oxygens (including phenoxy) is 3. The van der Waals surface area contributed by atoms with Gasteiger partial charge in [-0.1, -0.05) is 6.08 Å². The van der Waals surface area contributed by atoms with Gasteiger partial charge in [0.15, 0.2) is 0 Å². The molecule has 1 fully saturated rings. The monoisotopic (exact) mass is 335 g/mol. The van der Waals surface area contributed by atoms with E-state index in [-0.39, 0.29) is 24.9 Å². The highest BCUT2D eigenvalue weighted by molar-refractivity contribution is 5.95. The topological polar surface area (TPSA) is 90.9 Å². The Balaban J connectivity index is 0.00000441. The third-order valence-corrected chi connectivity index (χ3v) is 2.83. The van der Waals surface area contributed by atoms with Crippen LogP contribution in [0.3, 0.4) is 0 Å². The fourth-order valence-electron chi connectivity index (χ4n) is 1.80. The van der Waals surface area contributed by atoms with Crippen LogP contribution in [-0.4, -0.2) is 36.0 Å². The van der Waals surface area contributed by atoms with Crippen molar-refractivity contribution in [3.8, 4) is 0 Å². The number of rotatable bonds is 4. The zero-order valence-electron chi connectivity index (χ0n) is 13.1. The molecule has 1 N–H and O–H groups in total. The number of alkyl carbamates (subject to hydrolysis) is 1. The van der Waals surface area contributed by atoms with Gasteiger partial charge in [0, 0.05) is 5.92 Å². The summed E-state index contributed by atoms with van der Waals surface area (Å²) in [5.74, 6) is -1.19. The number of halogens is 1. The molecule has 1 saturated carbocycles. The maximum Gasteiger partial charge on any atom is 0.516 e. The van der Waals surface area contributed by atoms with Crippen molar-refractivity contribution in [1.82, 2.24) is 5.32 Å². The second-order valence-corrected chi connectivity index (χ2v) is 5.72. The third-order valence-electron chi connectivity index (χ3n) is 2.83. The first-order chi connectivity index (χ1) is 9.64. The Bertz CT molecular complexity index is 459. The van der Waals surface area contributed by atoms with Gasteiger partial charge in [0.2, 0.25) is 0 Å². The Hall–Kier alpha value is -1.76. The van der Waals surface area contributed by atoms with Crippen LogP contribution in [0, 0.1) is 5.92 Å². The van der Waals surface area contributed by atoms with Gasteiger partial charge in [-0.15, -0.1) is 19.0 Å². The van der Waals surface area contributed by atoms with E-state index < -0.39 is 29.4 Å². The molecule has 1 aliphatic carbocycles. The van der Waals surface area contributed by atoms with Crippen LogP contribution in [0.15, 0.2) is 12.7 Å². The fraction of sp³-hybridized carbons (Fsp3) is 0.643. The summed E-state index contributed by atoms with van der Waals surface area (Å²) < 4.78 is 14.2. The molecule has 2 unspecified atom stereocenters. The molecule has 0 aromatic heterocycles. The molecule has 0 aliphatic heterocycles. The number of esters is 1. The van der Waals surface area contributed by atoms with Crippen LogP contribution in [0.4, 0.5) is 9.59 Å². The number of hydrogen-bond acceptors (Lipinski definition) is 6. The molecule has 0 heterocycles. The molecule has 7 nitrogen and oxygen atoms in total. The van der Waals surface area contributed by atoms with Gasteiger partial charge in [0.05, 0.1) is 6.61 Å². The number of carbonyl (C=O) groups excluding carboxylic acids is 3.